The lowest BCUT2D eigenvalue weighted by molar-refractivity contribution is -0.0205. The van der Waals surface area contributed by atoms with Crippen molar-refractivity contribution in [1.29, 1.82) is 0 Å². The molecule has 0 radical (unpaired) electrons. The summed E-state index contributed by atoms with van der Waals surface area (Å²) in [5.74, 6) is 0. The first-order valence-electron chi connectivity index (χ1n) is 11.1. The maximum atomic E-state index is 8.96. The molecule has 0 aromatic rings. The summed E-state index contributed by atoms with van der Waals surface area (Å²) in [6.45, 7) is 3.62. The number of hydrogen-bond donors (Lipinski definition) is 1. The molecule has 152 valence electrons. The van der Waals surface area contributed by atoms with Crippen LogP contribution >= 0.6 is 0 Å². The van der Waals surface area contributed by atoms with Crippen LogP contribution in [0.3, 0.4) is 0 Å². The molecular formula is C22H46O3. The van der Waals surface area contributed by atoms with Crippen LogP contribution in [0.2, 0.25) is 0 Å². The first kappa shape index (κ1) is 24.9. The second-order valence-electron chi connectivity index (χ2n) is 7.42. The normalized spacial score (nSPS) is 12.6. The lowest BCUT2D eigenvalue weighted by atomic mass is 10.0. The Balaban J connectivity index is 3.03. The van der Waals surface area contributed by atoms with E-state index < -0.39 is 0 Å². The van der Waals surface area contributed by atoms with Crippen LogP contribution in [0.1, 0.15) is 110 Å². The van der Waals surface area contributed by atoms with E-state index in [0.717, 1.165) is 13.0 Å². The van der Waals surface area contributed by atoms with E-state index >= 15 is 0 Å². The monoisotopic (exact) mass is 358 g/mol. The van der Waals surface area contributed by atoms with Gasteiger partial charge in [-0.3, -0.25) is 0 Å². The Bertz CT molecular complexity index is 229. The second kappa shape index (κ2) is 21.9. The Labute approximate surface area is 157 Å². The summed E-state index contributed by atoms with van der Waals surface area (Å²) in [7, 11) is 1.61. The van der Waals surface area contributed by atoms with E-state index in [-0.39, 0.29) is 12.7 Å². The van der Waals surface area contributed by atoms with Gasteiger partial charge in [0.05, 0.1) is 13.2 Å². The van der Waals surface area contributed by atoms with Gasteiger partial charge < -0.3 is 14.6 Å². The molecule has 1 N–H and O–H groups in total. The van der Waals surface area contributed by atoms with Crippen molar-refractivity contribution in [2.45, 2.75) is 116 Å². The highest BCUT2D eigenvalue weighted by atomic mass is 16.5. The van der Waals surface area contributed by atoms with Crippen LogP contribution in [0.5, 0.6) is 0 Å². The van der Waals surface area contributed by atoms with Gasteiger partial charge in [-0.1, -0.05) is 103 Å². The third-order valence-electron chi connectivity index (χ3n) is 4.98. The lowest BCUT2D eigenvalue weighted by Crippen LogP contribution is -2.22. The van der Waals surface area contributed by atoms with Crippen molar-refractivity contribution in [3.05, 3.63) is 0 Å². The maximum absolute atomic E-state index is 8.96. The zero-order valence-electron chi connectivity index (χ0n) is 17.3. The third kappa shape index (κ3) is 20.0. The molecular weight excluding hydrogens is 312 g/mol. The Morgan fingerprint density at radius 2 is 1.04 bits per heavy atom. The van der Waals surface area contributed by atoms with Gasteiger partial charge in [-0.2, -0.15) is 0 Å². The number of aliphatic hydroxyl groups is 1. The van der Waals surface area contributed by atoms with Gasteiger partial charge in [-0.05, 0) is 6.42 Å². The molecule has 0 fully saturated rings. The van der Waals surface area contributed by atoms with E-state index in [1.54, 1.807) is 7.11 Å². The van der Waals surface area contributed by atoms with Crippen molar-refractivity contribution < 1.29 is 14.6 Å². The van der Waals surface area contributed by atoms with Crippen LogP contribution in [-0.2, 0) is 9.47 Å². The zero-order chi connectivity index (χ0) is 18.4. The van der Waals surface area contributed by atoms with Crippen LogP contribution in [0.25, 0.3) is 0 Å². The van der Waals surface area contributed by atoms with Gasteiger partial charge >= 0.3 is 0 Å². The fourth-order valence-electron chi connectivity index (χ4n) is 3.16. The van der Waals surface area contributed by atoms with Crippen LogP contribution < -0.4 is 0 Å². The third-order valence-corrected chi connectivity index (χ3v) is 4.98. The minimum atomic E-state index is -0.166. The van der Waals surface area contributed by atoms with Gasteiger partial charge in [0.25, 0.3) is 0 Å². The van der Waals surface area contributed by atoms with E-state index in [1.165, 1.54) is 96.3 Å². The van der Waals surface area contributed by atoms with Crippen LogP contribution in [0, 0.1) is 0 Å². The standard InChI is InChI=1S/C22H46O3/c1-3-4-5-6-7-8-9-10-11-12-13-14-15-16-17-18-19-25-21-22(20-23)24-2/h22-23H,3-21H2,1-2H3/t22-/m1/s1. The maximum Gasteiger partial charge on any atom is 0.103 e. The van der Waals surface area contributed by atoms with Crippen LogP contribution in [-0.4, -0.2) is 38.1 Å². The number of unbranched alkanes of at least 4 members (excludes halogenated alkanes) is 15. The van der Waals surface area contributed by atoms with Crippen LogP contribution in [0.4, 0.5) is 0 Å². The van der Waals surface area contributed by atoms with Gasteiger partial charge in [-0.15, -0.1) is 0 Å². The molecule has 0 rings (SSSR count). The van der Waals surface area contributed by atoms with Gasteiger partial charge in [0.2, 0.25) is 0 Å². The predicted octanol–water partition coefficient (Wildman–Crippen LogP) is 6.27. The number of rotatable bonds is 21. The molecule has 0 aliphatic heterocycles. The highest BCUT2D eigenvalue weighted by Crippen LogP contribution is 2.13. The van der Waals surface area contributed by atoms with Crippen molar-refractivity contribution in [2.75, 3.05) is 26.9 Å². The van der Waals surface area contributed by atoms with Crippen molar-refractivity contribution in [3.63, 3.8) is 0 Å². The number of hydrogen-bond acceptors (Lipinski definition) is 3. The topological polar surface area (TPSA) is 38.7 Å². The van der Waals surface area contributed by atoms with E-state index in [0.29, 0.717) is 6.61 Å². The lowest BCUT2D eigenvalue weighted by Gasteiger charge is -2.12. The molecule has 0 aliphatic rings. The smallest absolute Gasteiger partial charge is 0.103 e. The molecule has 0 aromatic carbocycles. The fourth-order valence-corrected chi connectivity index (χ4v) is 3.16. The fraction of sp³-hybridized carbons (Fsp3) is 1.00. The molecule has 0 saturated heterocycles. The van der Waals surface area contributed by atoms with E-state index in [2.05, 4.69) is 6.92 Å². The average molecular weight is 359 g/mol. The molecule has 0 aliphatic carbocycles. The van der Waals surface area contributed by atoms with E-state index in [4.69, 9.17) is 14.6 Å². The van der Waals surface area contributed by atoms with E-state index in [1.807, 2.05) is 0 Å². The average Bonchev–Trinajstić information content (AvgIpc) is 2.64. The highest BCUT2D eigenvalue weighted by Gasteiger charge is 2.04. The summed E-state index contributed by atoms with van der Waals surface area (Å²) in [4.78, 5) is 0. The predicted molar refractivity (Wildman–Crippen MR) is 108 cm³/mol. The minimum absolute atomic E-state index is 0.0372. The summed E-state index contributed by atoms with van der Waals surface area (Å²) in [5, 5.41) is 8.96. The number of aliphatic hydroxyl groups excluding tert-OH is 1. The Hall–Kier alpha value is -0.120. The molecule has 0 saturated carbocycles. The van der Waals surface area contributed by atoms with Crippen molar-refractivity contribution in [2.24, 2.45) is 0 Å². The molecule has 0 bridgehead atoms. The molecule has 0 aromatic heterocycles. The van der Waals surface area contributed by atoms with Gasteiger partial charge in [-0.25, -0.2) is 0 Å². The summed E-state index contributed by atoms with van der Waals surface area (Å²) < 4.78 is 10.6. The van der Waals surface area contributed by atoms with Gasteiger partial charge in [0, 0.05) is 13.7 Å². The quantitative estimate of drug-likeness (QED) is 0.246. The molecule has 0 amide bonds. The largest absolute Gasteiger partial charge is 0.394 e. The molecule has 25 heavy (non-hydrogen) atoms. The molecule has 0 heterocycles. The molecule has 3 heteroatoms. The highest BCUT2D eigenvalue weighted by molar-refractivity contribution is 4.53. The minimum Gasteiger partial charge on any atom is -0.394 e. The summed E-state index contributed by atoms with van der Waals surface area (Å²) in [6.07, 6.45) is 22.1. The van der Waals surface area contributed by atoms with Crippen molar-refractivity contribution in [1.82, 2.24) is 0 Å². The van der Waals surface area contributed by atoms with Crippen molar-refractivity contribution >= 4 is 0 Å². The number of ether oxygens (including phenoxy) is 2. The summed E-state index contributed by atoms with van der Waals surface area (Å²) in [6, 6.07) is 0. The second-order valence-corrected chi connectivity index (χ2v) is 7.42. The van der Waals surface area contributed by atoms with Gasteiger partial charge in [0.15, 0.2) is 0 Å². The Morgan fingerprint density at radius 3 is 1.40 bits per heavy atom. The molecule has 3 nitrogen and oxygen atoms in total. The Kier molecular flexibility index (Phi) is 21.8. The SMILES string of the molecule is CCCCCCCCCCCCCCCCCCOC[C@@H](CO)OC. The molecule has 0 unspecified atom stereocenters. The van der Waals surface area contributed by atoms with Crippen LogP contribution in [0.15, 0.2) is 0 Å². The first-order valence-corrected chi connectivity index (χ1v) is 11.1. The Morgan fingerprint density at radius 1 is 0.640 bits per heavy atom. The summed E-state index contributed by atoms with van der Waals surface area (Å²) in [5.41, 5.74) is 0. The molecule has 0 spiro atoms. The van der Waals surface area contributed by atoms with Crippen molar-refractivity contribution in [3.8, 4) is 0 Å². The first-order chi connectivity index (χ1) is 12.3. The van der Waals surface area contributed by atoms with E-state index in [9.17, 15) is 0 Å². The zero-order valence-corrected chi connectivity index (χ0v) is 17.3. The summed E-state index contributed by atoms with van der Waals surface area (Å²) >= 11 is 0. The molecule has 1 atom stereocenters. The number of methoxy groups -OCH3 is 1. The van der Waals surface area contributed by atoms with Gasteiger partial charge in [0.1, 0.15) is 6.10 Å².